The van der Waals surface area contributed by atoms with Crippen LogP contribution in [0.25, 0.3) is 11.1 Å². The summed E-state index contributed by atoms with van der Waals surface area (Å²) in [6.07, 6.45) is -2.11. The number of hydrogen-bond donors (Lipinski definition) is 0. The first kappa shape index (κ1) is 13.4. The molecule has 0 saturated heterocycles. The quantitative estimate of drug-likeness (QED) is 0.831. The first-order valence-corrected chi connectivity index (χ1v) is 5.79. The standard InChI is InChI=1S/C14H12F3NO/c1-2-12-6-3-11(9-18-12)10-4-7-13(8-5-10)19-14(15,16)17/h3-9H,2H2,1H3. The summed E-state index contributed by atoms with van der Waals surface area (Å²) in [4.78, 5) is 4.24. The molecule has 19 heavy (non-hydrogen) atoms. The van der Waals surface area contributed by atoms with Gasteiger partial charge in [-0.3, -0.25) is 4.98 Å². The lowest BCUT2D eigenvalue weighted by Crippen LogP contribution is -2.16. The van der Waals surface area contributed by atoms with Crippen molar-refractivity contribution >= 4 is 0 Å². The van der Waals surface area contributed by atoms with Gasteiger partial charge in [-0.1, -0.05) is 25.1 Å². The van der Waals surface area contributed by atoms with Crippen LogP contribution in [0.4, 0.5) is 13.2 Å². The molecular weight excluding hydrogens is 255 g/mol. The zero-order valence-corrected chi connectivity index (χ0v) is 10.2. The fourth-order valence-electron chi connectivity index (χ4n) is 1.65. The smallest absolute Gasteiger partial charge is 0.406 e. The predicted molar refractivity (Wildman–Crippen MR) is 65.7 cm³/mol. The van der Waals surface area contributed by atoms with Gasteiger partial charge in [-0.25, -0.2) is 0 Å². The lowest BCUT2D eigenvalue weighted by molar-refractivity contribution is -0.274. The summed E-state index contributed by atoms with van der Waals surface area (Å²) in [7, 11) is 0. The summed E-state index contributed by atoms with van der Waals surface area (Å²) in [6, 6.07) is 9.52. The van der Waals surface area contributed by atoms with Crippen LogP contribution in [0.15, 0.2) is 42.6 Å². The van der Waals surface area contributed by atoms with Crippen molar-refractivity contribution in [1.82, 2.24) is 4.98 Å². The Labute approximate surface area is 108 Å². The molecule has 0 fully saturated rings. The summed E-state index contributed by atoms with van der Waals surface area (Å²) in [5.41, 5.74) is 2.63. The summed E-state index contributed by atoms with van der Waals surface area (Å²) < 4.78 is 39.9. The molecule has 2 nitrogen and oxygen atoms in total. The number of aromatic nitrogens is 1. The molecule has 0 aliphatic heterocycles. The Bertz CT molecular complexity index is 532. The number of nitrogens with zero attached hydrogens (tertiary/aromatic N) is 1. The summed E-state index contributed by atoms with van der Waals surface area (Å²) in [5, 5.41) is 0. The first-order chi connectivity index (χ1) is 8.98. The number of hydrogen-bond acceptors (Lipinski definition) is 2. The Morgan fingerprint density at radius 3 is 2.11 bits per heavy atom. The van der Waals surface area contributed by atoms with Crippen molar-refractivity contribution in [2.45, 2.75) is 19.7 Å². The maximum Gasteiger partial charge on any atom is 0.573 e. The largest absolute Gasteiger partial charge is 0.573 e. The SMILES string of the molecule is CCc1ccc(-c2ccc(OC(F)(F)F)cc2)cn1. The van der Waals surface area contributed by atoms with Gasteiger partial charge >= 0.3 is 6.36 Å². The lowest BCUT2D eigenvalue weighted by atomic mass is 10.1. The number of rotatable bonds is 3. The van der Waals surface area contributed by atoms with Crippen molar-refractivity contribution in [3.63, 3.8) is 0 Å². The minimum absolute atomic E-state index is 0.227. The second kappa shape index (κ2) is 5.30. The van der Waals surface area contributed by atoms with Crippen molar-refractivity contribution in [1.29, 1.82) is 0 Å². The van der Waals surface area contributed by atoms with E-state index < -0.39 is 6.36 Å². The average molecular weight is 267 g/mol. The van der Waals surface area contributed by atoms with Crippen LogP contribution in [0, 0.1) is 0 Å². The Morgan fingerprint density at radius 2 is 1.63 bits per heavy atom. The Morgan fingerprint density at radius 1 is 1.00 bits per heavy atom. The number of halogens is 3. The molecule has 5 heteroatoms. The van der Waals surface area contributed by atoms with Gasteiger partial charge in [-0.05, 0) is 30.2 Å². The van der Waals surface area contributed by atoms with Crippen molar-refractivity contribution in [3.8, 4) is 16.9 Å². The van der Waals surface area contributed by atoms with E-state index >= 15 is 0 Å². The minimum atomic E-state index is -4.66. The van der Waals surface area contributed by atoms with E-state index in [1.54, 1.807) is 18.3 Å². The Hall–Kier alpha value is -2.04. The van der Waals surface area contributed by atoms with E-state index in [1.807, 2.05) is 19.1 Å². The Balaban J connectivity index is 2.17. The molecule has 100 valence electrons. The fourth-order valence-corrected chi connectivity index (χ4v) is 1.65. The van der Waals surface area contributed by atoms with Gasteiger partial charge in [0, 0.05) is 17.5 Å². The molecule has 1 heterocycles. The van der Waals surface area contributed by atoms with Crippen LogP contribution in [0.3, 0.4) is 0 Å². The van der Waals surface area contributed by atoms with Crippen molar-refractivity contribution in [2.75, 3.05) is 0 Å². The molecule has 0 aliphatic carbocycles. The van der Waals surface area contributed by atoms with E-state index in [1.165, 1.54) is 12.1 Å². The van der Waals surface area contributed by atoms with Crippen molar-refractivity contribution in [3.05, 3.63) is 48.3 Å². The summed E-state index contributed by atoms with van der Waals surface area (Å²) >= 11 is 0. The molecule has 0 bridgehead atoms. The van der Waals surface area contributed by atoms with Gasteiger partial charge < -0.3 is 4.74 Å². The van der Waals surface area contributed by atoms with Gasteiger partial charge in [-0.15, -0.1) is 13.2 Å². The highest BCUT2D eigenvalue weighted by molar-refractivity contribution is 5.63. The molecule has 0 N–H and O–H groups in total. The van der Waals surface area contributed by atoms with Gasteiger partial charge in [0.25, 0.3) is 0 Å². The highest BCUT2D eigenvalue weighted by Crippen LogP contribution is 2.26. The average Bonchev–Trinajstić information content (AvgIpc) is 2.38. The van der Waals surface area contributed by atoms with Gasteiger partial charge in [0.1, 0.15) is 5.75 Å². The van der Waals surface area contributed by atoms with Crippen LogP contribution in [0.1, 0.15) is 12.6 Å². The molecule has 0 spiro atoms. The maximum absolute atomic E-state index is 12.0. The maximum atomic E-state index is 12.0. The summed E-state index contributed by atoms with van der Waals surface area (Å²) in [6.45, 7) is 2.01. The van der Waals surface area contributed by atoms with E-state index in [0.29, 0.717) is 0 Å². The molecule has 0 radical (unpaired) electrons. The van der Waals surface area contributed by atoms with E-state index in [9.17, 15) is 13.2 Å². The molecule has 0 unspecified atom stereocenters. The number of pyridine rings is 1. The molecular formula is C14H12F3NO. The molecule has 2 rings (SSSR count). The minimum Gasteiger partial charge on any atom is -0.406 e. The normalized spacial score (nSPS) is 11.4. The number of aryl methyl sites for hydroxylation is 1. The number of alkyl halides is 3. The first-order valence-electron chi connectivity index (χ1n) is 5.79. The van der Waals surface area contributed by atoms with Gasteiger partial charge in [0.2, 0.25) is 0 Å². The third-order valence-electron chi connectivity index (χ3n) is 2.61. The van der Waals surface area contributed by atoms with Crippen LogP contribution in [-0.2, 0) is 6.42 Å². The zero-order valence-electron chi connectivity index (χ0n) is 10.2. The van der Waals surface area contributed by atoms with Crippen LogP contribution in [0.5, 0.6) is 5.75 Å². The topological polar surface area (TPSA) is 22.1 Å². The van der Waals surface area contributed by atoms with Crippen LogP contribution in [0.2, 0.25) is 0 Å². The molecule has 0 saturated carbocycles. The van der Waals surface area contributed by atoms with Crippen LogP contribution >= 0.6 is 0 Å². The van der Waals surface area contributed by atoms with Gasteiger partial charge in [0.15, 0.2) is 0 Å². The molecule has 0 atom stereocenters. The molecule has 0 amide bonds. The van der Waals surface area contributed by atoms with Crippen LogP contribution < -0.4 is 4.74 Å². The highest BCUT2D eigenvalue weighted by atomic mass is 19.4. The number of benzene rings is 1. The van der Waals surface area contributed by atoms with Crippen LogP contribution in [-0.4, -0.2) is 11.3 Å². The third-order valence-corrected chi connectivity index (χ3v) is 2.61. The molecule has 1 aromatic carbocycles. The lowest BCUT2D eigenvalue weighted by Gasteiger charge is -2.09. The van der Waals surface area contributed by atoms with Crippen molar-refractivity contribution in [2.24, 2.45) is 0 Å². The Kier molecular flexibility index (Phi) is 3.74. The van der Waals surface area contributed by atoms with Gasteiger partial charge in [-0.2, -0.15) is 0 Å². The van der Waals surface area contributed by atoms with Crippen molar-refractivity contribution < 1.29 is 17.9 Å². The fraction of sp³-hybridized carbons (Fsp3) is 0.214. The number of ether oxygens (including phenoxy) is 1. The third kappa shape index (κ3) is 3.71. The predicted octanol–water partition coefficient (Wildman–Crippen LogP) is 4.21. The molecule has 0 aliphatic rings. The second-order valence-electron chi connectivity index (χ2n) is 3.96. The van der Waals surface area contributed by atoms with E-state index in [4.69, 9.17) is 0 Å². The monoisotopic (exact) mass is 267 g/mol. The van der Waals surface area contributed by atoms with E-state index in [0.717, 1.165) is 23.2 Å². The van der Waals surface area contributed by atoms with E-state index in [-0.39, 0.29) is 5.75 Å². The molecule has 2 aromatic rings. The highest BCUT2D eigenvalue weighted by Gasteiger charge is 2.30. The second-order valence-corrected chi connectivity index (χ2v) is 3.96. The zero-order chi connectivity index (χ0) is 13.9. The van der Waals surface area contributed by atoms with E-state index in [2.05, 4.69) is 9.72 Å². The van der Waals surface area contributed by atoms with Gasteiger partial charge in [0.05, 0.1) is 0 Å². The summed E-state index contributed by atoms with van der Waals surface area (Å²) in [5.74, 6) is -0.227. The molecule has 1 aromatic heterocycles.